The van der Waals surface area contributed by atoms with Gasteiger partial charge in [-0.2, -0.15) is 0 Å². The molecule has 0 spiro atoms. The third-order valence-corrected chi connectivity index (χ3v) is 3.63. The number of hydrogen-bond acceptors (Lipinski definition) is 4. The van der Waals surface area contributed by atoms with E-state index in [1.54, 1.807) is 11.8 Å². The fourth-order valence-corrected chi connectivity index (χ4v) is 2.30. The molecule has 1 aliphatic heterocycles. The van der Waals surface area contributed by atoms with Crippen molar-refractivity contribution in [2.24, 2.45) is 0 Å². The molecule has 1 saturated heterocycles. The monoisotopic (exact) mass is 252 g/mol. The topological polar surface area (TPSA) is 33.3 Å². The van der Waals surface area contributed by atoms with Gasteiger partial charge in [0.25, 0.3) is 0 Å². The summed E-state index contributed by atoms with van der Waals surface area (Å²) in [6.45, 7) is 3.77. The summed E-state index contributed by atoms with van der Waals surface area (Å²) >= 11 is 1.77. The molecule has 1 atom stereocenters. The van der Waals surface area contributed by atoms with E-state index in [1.165, 1.54) is 10.6 Å². The summed E-state index contributed by atoms with van der Waals surface area (Å²) < 4.78 is 5.65. The molecule has 1 aromatic carbocycles. The van der Waals surface area contributed by atoms with Crippen LogP contribution in [0, 0.1) is 0 Å². The number of morpholine rings is 1. The molecule has 2 rings (SSSR count). The van der Waals surface area contributed by atoms with Crippen LogP contribution in [0.3, 0.4) is 0 Å². The second-order valence-corrected chi connectivity index (χ2v) is 5.02. The van der Waals surface area contributed by atoms with E-state index in [9.17, 15) is 0 Å². The Kier molecular flexibility index (Phi) is 5.16. The van der Waals surface area contributed by atoms with Crippen molar-refractivity contribution in [1.29, 1.82) is 0 Å². The first-order valence-electron chi connectivity index (χ1n) is 6.09. The molecule has 3 nitrogen and oxygen atoms in total. The van der Waals surface area contributed by atoms with Crippen LogP contribution < -0.4 is 10.6 Å². The van der Waals surface area contributed by atoms with Crippen LogP contribution in [0.2, 0.25) is 0 Å². The van der Waals surface area contributed by atoms with E-state index in [0.29, 0.717) is 6.10 Å². The fourth-order valence-electron chi connectivity index (χ4n) is 1.89. The lowest BCUT2D eigenvalue weighted by Gasteiger charge is -2.23. The predicted octanol–water partition coefficient (Wildman–Crippen LogP) is 2.20. The highest BCUT2D eigenvalue weighted by molar-refractivity contribution is 7.98. The van der Waals surface area contributed by atoms with Crippen molar-refractivity contribution in [3.8, 4) is 0 Å². The van der Waals surface area contributed by atoms with Crippen molar-refractivity contribution in [1.82, 2.24) is 5.32 Å². The standard InChI is InChI=1S/C13H20N2OS/c1-17-13-4-2-11(3-5-13)15-7-6-12-10-14-8-9-16-12/h2-5,12,14-15H,6-10H2,1H3. The summed E-state index contributed by atoms with van der Waals surface area (Å²) in [7, 11) is 0. The van der Waals surface area contributed by atoms with Gasteiger partial charge < -0.3 is 15.4 Å². The first-order valence-corrected chi connectivity index (χ1v) is 7.31. The maximum absolute atomic E-state index is 5.65. The zero-order valence-corrected chi connectivity index (χ0v) is 11.1. The van der Waals surface area contributed by atoms with Crippen molar-refractivity contribution >= 4 is 17.4 Å². The lowest BCUT2D eigenvalue weighted by atomic mass is 10.2. The van der Waals surface area contributed by atoms with E-state index in [0.717, 1.165) is 32.7 Å². The molecule has 1 unspecified atom stereocenters. The van der Waals surface area contributed by atoms with Crippen molar-refractivity contribution in [2.75, 3.05) is 37.8 Å². The summed E-state index contributed by atoms with van der Waals surface area (Å²) in [5.74, 6) is 0. The van der Waals surface area contributed by atoms with E-state index < -0.39 is 0 Å². The lowest BCUT2D eigenvalue weighted by Crippen LogP contribution is -2.39. The molecule has 0 saturated carbocycles. The van der Waals surface area contributed by atoms with Gasteiger partial charge in [-0.15, -0.1) is 11.8 Å². The zero-order chi connectivity index (χ0) is 11.9. The molecule has 17 heavy (non-hydrogen) atoms. The summed E-state index contributed by atoms with van der Waals surface area (Å²) in [4.78, 5) is 1.30. The van der Waals surface area contributed by atoms with Gasteiger partial charge in [-0.25, -0.2) is 0 Å². The van der Waals surface area contributed by atoms with Crippen LogP contribution in [-0.2, 0) is 4.74 Å². The molecular weight excluding hydrogens is 232 g/mol. The second-order valence-electron chi connectivity index (χ2n) is 4.14. The Morgan fingerprint density at radius 1 is 1.41 bits per heavy atom. The van der Waals surface area contributed by atoms with Crippen molar-refractivity contribution < 1.29 is 4.74 Å². The minimum absolute atomic E-state index is 0.363. The molecule has 1 heterocycles. The third kappa shape index (κ3) is 4.22. The Bertz CT molecular complexity index is 323. The number of rotatable bonds is 5. The van der Waals surface area contributed by atoms with Gasteiger partial charge in [-0.3, -0.25) is 0 Å². The summed E-state index contributed by atoms with van der Waals surface area (Å²) in [5.41, 5.74) is 1.19. The Balaban J connectivity index is 1.69. The maximum Gasteiger partial charge on any atom is 0.0716 e. The van der Waals surface area contributed by atoms with Gasteiger partial charge in [0.2, 0.25) is 0 Å². The maximum atomic E-state index is 5.65. The molecule has 0 aliphatic carbocycles. The number of anilines is 1. The van der Waals surface area contributed by atoms with Gasteiger partial charge in [0.15, 0.2) is 0 Å². The number of nitrogens with one attached hydrogen (secondary N) is 2. The van der Waals surface area contributed by atoms with Crippen LogP contribution in [0.25, 0.3) is 0 Å². The SMILES string of the molecule is CSc1ccc(NCCC2CNCCO2)cc1. The van der Waals surface area contributed by atoms with Crippen LogP contribution in [0.1, 0.15) is 6.42 Å². The predicted molar refractivity (Wildman–Crippen MR) is 73.9 cm³/mol. The molecule has 1 fully saturated rings. The van der Waals surface area contributed by atoms with Crippen LogP contribution in [0.4, 0.5) is 5.69 Å². The molecule has 0 amide bonds. The lowest BCUT2D eigenvalue weighted by molar-refractivity contribution is 0.0258. The molecule has 0 radical (unpaired) electrons. The number of thioether (sulfide) groups is 1. The average molecular weight is 252 g/mol. The Labute approximate surface area is 107 Å². The van der Waals surface area contributed by atoms with Gasteiger partial charge in [0.05, 0.1) is 12.7 Å². The number of hydrogen-bond donors (Lipinski definition) is 2. The summed E-state index contributed by atoms with van der Waals surface area (Å²) in [5, 5.41) is 6.77. The normalized spacial score (nSPS) is 20.2. The quantitative estimate of drug-likeness (QED) is 0.787. The van der Waals surface area contributed by atoms with Crippen molar-refractivity contribution in [3.63, 3.8) is 0 Å². The van der Waals surface area contributed by atoms with Crippen molar-refractivity contribution in [2.45, 2.75) is 17.4 Å². The first kappa shape index (κ1) is 12.7. The van der Waals surface area contributed by atoms with E-state index in [2.05, 4.69) is 41.2 Å². The molecule has 4 heteroatoms. The molecule has 1 aromatic rings. The van der Waals surface area contributed by atoms with Crippen LogP contribution in [0.15, 0.2) is 29.2 Å². The van der Waals surface area contributed by atoms with Gasteiger partial charge in [0, 0.05) is 30.2 Å². The first-order chi connectivity index (χ1) is 8.38. The van der Waals surface area contributed by atoms with Gasteiger partial charge in [-0.05, 0) is 36.9 Å². The Morgan fingerprint density at radius 3 is 2.88 bits per heavy atom. The highest BCUT2D eigenvalue weighted by Gasteiger charge is 2.12. The Morgan fingerprint density at radius 2 is 2.24 bits per heavy atom. The Hall–Kier alpha value is -0.710. The fraction of sp³-hybridized carbons (Fsp3) is 0.538. The van der Waals surface area contributed by atoms with Gasteiger partial charge in [0.1, 0.15) is 0 Å². The van der Waals surface area contributed by atoms with Crippen LogP contribution in [-0.4, -0.2) is 38.6 Å². The van der Waals surface area contributed by atoms with Crippen molar-refractivity contribution in [3.05, 3.63) is 24.3 Å². The van der Waals surface area contributed by atoms with E-state index in [4.69, 9.17) is 4.74 Å². The zero-order valence-electron chi connectivity index (χ0n) is 10.2. The summed E-state index contributed by atoms with van der Waals surface area (Å²) in [6.07, 6.45) is 3.51. The van der Waals surface area contributed by atoms with Gasteiger partial charge >= 0.3 is 0 Å². The molecule has 0 aromatic heterocycles. The molecule has 1 aliphatic rings. The smallest absolute Gasteiger partial charge is 0.0716 e. The highest BCUT2D eigenvalue weighted by atomic mass is 32.2. The van der Waals surface area contributed by atoms with Crippen LogP contribution >= 0.6 is 11.8 Å². The summed E-state index contributed by atoms with van der Waals surface area (Å²) in [6, 6.07) is 8.55. The van der Waals surface area contributed by atoms with E-state index in [1.807, 2.05) is 0 Å². The molecule has 0 bridgehead atoms. The molecule has 2 N–H and O–H groups in total. The minimum atomic E-state index is 0.363. The number of benzene rings is 1. The highest BCUT2D eigenvalue weighted by Crippen LogP contribution is 2.17. The third-order valence-electron chi connectivity index (χ3n) is 2.89. The molecular formula is C13H20N2OS. The minimum Gasteiger partial charge on any atom is -0.385 e. The van der Waals surface area contributed by atoms with E-state index in [-0.39, 0.29) is 0 Å². The second kappa shape index (κ2) is 6.89. The van der Waals surface area contributed by atoms with E-state index >= 15 is 0 Å². The number of ether oxygens (including phenoxy) is 1. The van der Waals surface area contributed by atoms with Gasteiger partial charge in [-0.1, -0.05) is 0 Å². The largest absolute Gasteiger partial charge is 0.385 e. The average Bonchev–Trinajstić information content (AvgIpc) is 2.41. The van der Waals surface area contributed by atoms with Crippen LogP contribution in [0.5, 0.6) is 0 Å². The molecule has 94 valence electrons.